The highest BCUT2D eigenvalue weighted by Crippen LogP contribution is 2.34. The Balaban J connectivity index is 0. The van der Waals surface area contributed by atoms with Crippen LogP contribution in [0.2, 0.25) is 0 Å². The van der Waals surface area contributed by atoms with E-state index in [1.165, 1.54) is 85.7 Å². The smallest absolute Gasteiger partial charge is 0.0363 e. The van der Waals surface area contributed by atoms with Crippen molar-refractivity contribution in [3.05, 3.63) is 89.5 Å². The van der Waals surface area contributed by atoms with Crippen LogP contribution in [0.3, 0.4) is 0 Å². The Morgan fingerprint density at radius 2 is 1.24 bits per heavy atom. The molecule has 2 rings (SSSR count). The van der Waals surface area contributed by atoms with E-state index in [9.17, 15) is 0 Å². The quantitative estimate of drug-likeness (QED) is 0.105. The molecule has 0 aliphatic heterocycles. The molecular formula is C49H85NS. The molecule has 2 unspecified atom stereocenters. The SMILES string of the molecule is C=CC(CC)CCC(C)C.CC=C(C)CC.CCC(C)CCC(C)C.CCC(CC)c1ccc(C(C)(C)c2ccc(N(C)CCC=S)cc2)cc1. The minimum atomic E-state index is -0.00203. The van der Waals surface area contributed by atoms with Gasteiger partial charge >= 0.3 is 0 Å². The summed E-state index contributed by atoms with van der Waals surface area (Å²) in [5.74, 6) is 4.09. The lowest BCUT2D eigenvalue weighted by Gasteiger charge is -2.28. The molecule has 0 saturated carbocycles. The predicted molar refractivity (Wildman–Crippen MR) is 241 cm³/mol. The van der Waals surface area contributed by atoms with Crippen molar-refractivity contribution in [2.45, 2.75) is 172 Å². The number of allylic oxidation sites excluding steroid dienone is 3. The van der Waals surface area contributed by atoms with Crippen molar-refractivity contribution in [3.63, 3.8) is 0 Å². The Kier molecular flexibility index (Phi) is 30.2. The van der Waals surface area contributed by atoms with E-state index < -0.39 is 0 Å². The van der Waals surface area contributed by atoms with Crippen LogP contribution in [0, 0.1) is 23.7 Å². The molecule has 0 amide bonds. The molecule has 0 fully saturated rings. The van der Waals surface area contributed by atoms with Crippen molar-refractivity contribution in [1.29, 1.82) is 0 Å². The fraction of sp³-hybridized carbons (Fsp3) is 0.653. The lowest BCUT2D eigenvalue weighted by Crippen LogP contribution is -2.21. The number of thiocarbonyl (C=S) groups is 1. The highest BCUT2D eigenvalue weighted by Gasteiger charge is 2.23. The van der Waals surface area contributed by atoms with E-state index in [-0.39, 0.29) is 5.41 Å². The third kappa shape index (κ3) is 23.2. The Hall–Kier alpha value is -2.19. The first-order chi connectivity index (χ1) is 24.1. The summed E-state index contributed by atoms with van der Waals surface area (Å²) >= 11 is 4.93. The van der Waals surface area contributed by atoms with E-state index in [4.69, 9.17) is 12.2 Å². The van der Waals surface area contributed by atoms with Crippen LogP contribution in [-0.2, 0) is 5.41 Å². The fourth-order valence-corrected chi connectivity index (χ4v) is 5.77. The second-order valence-electron chi connectivity index (χ2n) is 16.0. The summed E-state index contributed by atoms with van der Waals surface area (Å²) in [7, 11) is 2.12. The van der Waals surface area contributed by atoms with Gasteiger partial charge in [-0.05, 0) is 116 Å². The van der Waals surface area contributed by atoms with Crippen LogP contribution in [0.25, 0.3) is 0 Å². The van der Waals surface area contributed by atoms with Crippen LogP contribution in [-0.4, -0.2) is 19.0 Å². The van der Waals surface area contributed by atoms with E-state index in [0.717, 1.165) is 36.6 Å². The Labute approximate surface area is 326 Å². The molecule has 0 spiro atoms. The predicted octanol–water partition coefficient (Wildman–Crippen LogP) is 16.2. The van der Waals surface area contributed by atoms with Gasteiger partial charge in [0.1, 0.15) is 0 Å². The van der Waals surface area contributed by atoms with Gasteiger partial charge in [0.2, 0.25) is 0 Å². The van der Waals surface area contributed by atoms with Gasteiger partial charge < -0.3 is 4.90 Å². The van der Waals surface area contributed by atoms with Crippen LogP contribution in [0.1, 0.15) is 184 Å². The molecule has 292 valence electrons. The average Bonchev–Trinajstić information content (AvgIpc) is 3.14. The number of hydrogen-bond donors (Lipinski definition) is 0. The number of nitrogens with zero attached hydrogens (tertiary/aromatic N) is 1. The molecule has 2 aromatic rings. The number of rotatable bonds is 19. The maximum atomic E-state index is 4.93. The van der Waals surface area contributed by atoms with E-state index in [0.29, 0.717) is 5.92 Å². The minimum absolute atomic E-state index is 0.00203. The third-order valence-corrected chi connectivity index (χ3v) is 10.9. The molecule has 0 aromatic heterocycles. The van der Waals surface area contributed by atoms with E-state index in [2.05, 4.69) is 176 Å². The lowest BCUT2D eigenvalue weighted by atomic mass is 9.77. The molecule has 0 heterocycles. The van der Waals surface area contributed by atoms with Gasteiger partial charge in [0, 0.05) is 24.7 Å². The van der Waals surface area contributed by atoms with Gasteiger partial charge in [0.05, 0.1) is 0 Å². The first-order valence-electron chi connectivity index (χ1n) is 20.7. The molecular weight excluding hydrogens is 635 g/mol. The van der Waals surface area contributed by atoms with Crippen molar-refractivity contribution < 1.29 is 0 Å². The van der Waals surface area contributed by atoms with E-state index in [1.54, 1.807) is 5.37 Å². The number of benzene rings is 2. The first-order valence-corrected chi connectivity index (χ1v) is 21.2. The zero-order valence-corrected chi connectivity index (χ0v) is 37.4. The second kappa shape index (κ2) is 30.3. The zero-order valence-electron chi connectivity index (χ0n) is 36.6. The van der Waals surface area contributed by atoms with E-state index in [1.807, 2.05) is 0 Å². The molecule has 1 nitrogen and oxygen atoms in total. The summed E-state index contributed by atoms with van der Waals surface area (Å²) in [6.45, 7) is 36.3. The standard InChI is InChI=1S/C24H33NS.C10H20.C9H20.C6H12/c1-6-19(7-2)20-9-11-21(12-10-20)24(3,4)22-13-15-23(16-14-22)25(5)17-8-18-26;1-5-10(6-2)8-7-9(3)4;1-5-9(4)7-6-8(2)3;1-4-6(3)5-2/h9-16,18-19H,6-8,17H2,1-5H3;5,9-10H,1,6-8H2,2-4H3;8-9H,5-7H2,1-4H3;4H,5H2,1-3H3. The summed E-state index contributed by atoms with van der Waals surface area (Å²) in [6.07, 6.45) is 16.8. The van der Waals surface area contributed by atoms with Crippen molar-refractivity contribution in [2.75, 3.05) is 18.5 Å². The topological polar surface area (TPSA) is 3.24 Å². The highest BCUT2D eigenvalue weighted by molar-refractivity contribution is 7.78. The van der Waals surface area contributed by atoms with Gasteiger partial charge in [-0.3, -0.25) is 0 Å². The maximum absolute atomic E-state index is 4.93. The zero-order chi connectivity index (χ0) is 39.4. The van der Waals surface area contributed by atoms with Gasteiger partial charge in [-0.2, -0.15) is 0 Å². The van der Waals surface area contributed by atoms with Gasteiger partial charge in [-0.1, -0.05) is 175 Å². The lowest BCUT2D eigenvalue weighted by molar-refractivity contribution is 0.441. The molecule has 0 saturated heterocycles. The van der Waals surface area contributed by atoms with Crippen LogP contribution in [0.5, 0.6) is 0 Å². The summed E-state index contributed by atoms with van der Waals surface area (Å²) < 4.78 is 0. The van der Waals surface area contributed by atoms with Crippen molar-refractivity contribution in [3.8, 4) is 0 Å². The first kappa shape index (κ1) is 50.9. The van der Waals surface area contributed by atoms with Crippen molar-refractivity contribution in [2.24, 2.45) is 23.7 Å². The third-order valence-electron chi connectivity index (χ3n) is 10.7. The number of hydrogen-bond acceptors (Lipinski definition) is 2. The summed E-state index contributed by atoms with van der Waals surface area (Å²) in [5, 5.41) is 1.80. The van der Waals surface area contributed by atoms with Gasteiger partial charge in [0.25, 0.3) is 0 Å². The fourth-order valence-electron chi connectivity index (χ4n) is 5.67. The Morgan fingerprint density at radius 3 is 1.59 bits per heavy atom. The number of anilines is 1. The Morgan fingerprint density at radius 1 is 0.745 bits per heavy atom. The molecule has 0 N–H and O–H groups in total. The van der Waals surface area contributed by atoms with E-state index >= 15 is 0 Å². The largest absolute Gasteiger partial charge is 0.374 e. The average molecular weight is 720 g/mol. The molecule has 0 radical (unpaired) electrons. The monoisotopic (exact) mass is 720 g/mol. The van der Waals surface area contributed by atoms with Crippen molar-refractivity contribution >= 4 is 23.3 Å². The molecule has 0 bridgehead atoms. The molecule has 2 aromatic carbocycles. The summed E-state index contributed by atoms with van der Waals surface area (Å²) in [6, 6.07) is 18.2. The maximum Gasteiger partial charge on any atom is 0.0363 e. The molecule has 2 atom stereocenters. The summed E-state index contributed by atoms with van der Waals surface area (Å²) in [4.78, 5) is 2.25. The van der Waals surface area contributed by atoms with Crippen LogP contribution in [0.15, 0.2) is 72.8 Å². The molecule has 51 heavy (non-hydrogen) atoms. The van der Waals surface area contributed by atoms with Crippen molar-refractivity contribution in [1.82, 2.24) is 0 Å². The van der Waals surface area contributed by atoms with Crippen LogP contribution < -0.4 is 4.90 Å². The van der Waals surface area contributed by atoms with Gasteiger partial charge in [0.15, 0.2) is 0 Å². The minimum Gasteiger partial charge on any atom is -0.374 e. The second-order valence-corrected chi connectivity index (χ2v) is 16.4. The molecule has 2 heteroatoms. The van der Waals surface area contributed by atoms with Gasteiger partial charge in [-0.15, -0.1) is 6.58 Å². The normalized spacial score (nSPS) is 12.5. The molecule has 0 aliphatic rings. The van der Waals surface area contributed by atoms with Crippen LogP contribution in [0.4, 0.5) is 5.69 Å². The van der Waals surface area contributed by atoms with Gasteiger partial charge in [-0.25, -0.2) is 0 Å². The summed E-state index contributed by atoms with van der Waals surface area (Å²) in [5.41, 5.74) is 6.89. The Bertz CT molecular complexity index is 1130. The van der Waals surface area contributed by atoms with Crippen LogP contribution >= 0.6 is 12.2 Å². The highest BCUT2D eigenvalue weighted by atomic mass is 32.1. The molecule has 0 aliphatic carbocycles.